The fourth-order valence-electron chi connectivity index (χ4n) is 2.86. The lowest BCUT2D eigenvalue weighted by atomic mass is 10.0. The van der Waals surface area contributed by atoms with Crippen molar-refractivity contribution in [2.45, 2.75) is 33.6 Å². The molecule has 2 heterocycles. The van der Waals surface area contributed by atoms with Crippen LogP contribution < -0.4 is 10.2 Å². The summed E-state index contributed by atoms with van der Waals surface area (Å²) in [6.07, 6.45) is 5.88. The first-order chi connectivity index (χ1) is 11.6. The molecule has 0 spiro atoms. The van der Waals surface area contributed by atoms with Gasteiger partial charge in [0.15, 0.2) is 5.96 Å². The molecule has 24 heavy (non-hydrogen) atoms. The normalized spacial score (nSPS) is 16.2. The first-order valence-corrected chi connectivity index (χ1v) is 8.91. The van der Waals surface area contributed by atoms with Crippen molar-refractivity contribution in [2.75, 3.05) is 37.6 Å². The zero-order valence-corrected chi connectivity index (χ0v) is 15.3. The van der Waals surface area contributed by atoms with Crippen molar-refractivity contribution in [1.29, 1.82) is 0 Å². The van der Waals surface area contributed by atoms with Crippen molar-refractivity contribution < 1.29 is 4.79 Å². The summed E-state index contributed by atoms with van der Waals surface area (Å²) in [6.45, 7) is 9.85. The van der Waals surface area contributed by atoms with E-state index in [9.17, 15) is 4.79 Å². The number of aliphatic imine (C=N–C) groups is 1. The van der Waals surface area contributed by atoms with Crippen LogP contribution in [0.5, 0.6) is 0 Å². The van der Waals surface area contributed by atoms with Crippen LogP contribution in [0.2, 0.25) is 0 Å². The van der Waals surface area contributed by atoms with Gasteiger partial charge in [0, 0.05) is 39.4 Å². The minimum absolute atomic E-state index is 0.0855. The number of carbonyl (C=O) groups excluding carboxylic acids is 1. The summed E-state index contributed by atoms with van der Waals surface area (Å²) < 4.78 is 1.72. The Kier molecular flexibility index (Phi) is 6.63. The Morgan fingerprint density at radius 1 is 1.33 bits per heavy atom. The van der Waals surface area contributed by atoms with Gasteiger partial charge in [0.25, 0.3) is 0 Å². The Morgan fingerprint density at radius 2 is 2.08 bits per heavy atom. The Labute approximate surface area is 144 Å². The lowest BCUT2D eigenvalue weighted by molar-refractivity contribution is -0.120. The van der Waals surface area contributed by atoms with Gasteiger partial charge in [-0.3, -0.25) is 14.5 Å². The molecule has 0 radical (unpaired) electrons. The molecule has 1 saturated heterocycles. The highest BCUT2D eigenvalue weighted by molar-refractivity contribution is 5.98. The molecule has 7 heteroatoms. The fraction of sp³-hybridized carbons (Fsp3) is 0.706. The van der Waals surface area contributed by atoms with E-state index in [-0.39, 0.29) is 5.91 Å². The van der Waals surface area contributed by atoms with Gasteiger partial charge in [-0.05, 0) is 12.8 Å². The first-order valence-electron chi connectivity index (χ1n) is 8.91. The highest BCUT2D eigenvalue weighted by atomic mass is 16.2. The molecule has 0 atom stereocenters. The minimum atomic E-state index is 0.0855. The van der Waals surface area contributed by atoms with Gasteiger partial charge in [-0.25, -0.2) is 0 Å². The number of guanidine groups is 1. The third-order valence-corrected chi connectivity index (χ3v) is 4.51. The first kappa shape index (κ1) is 18.3. The molecule has 1 fully saturated rings. The zero-order chi connectivity index (χ0) is 17.5. The topological polar surface area (TPSA) is 65.8 Å². The van der Waals surface area contributed by atoms with Gasteiger partial charge >= 0.3 is 0 Å². The summed E-state index contributed by atoms with van der Waals surface area (Å²) >= 11 is 0. The number of hydrogen-bond donors (Lipinski definition) is 1. The zero-order valence-electron chi connectivity index (χ0n) is 15.3. The molecule has 1 amide bonds. The fourth-order valence-corrected chi connectivity index (χ4v) is 2.86. The number of aromatic nitrogens is 2. The number of hydrogen-bond acceptors (Lipinski definition) is 3. The third kappa shape index (κ3) is 4.49. The van der Waals surface area contributed by atoms with Crippen molar-refractivity contribution in [1.82, 2.24) is 20.0 Å². The molecule has 1 N–H and O–H groups in total. The van der Waals surface area contributed by atoms with Crippen molar-refractivity contribution in [3.05, 3.63) is 12.4 Å². The van der Waals surface area contributed by atoms with E-state index in [1.54, 1.807) is 15.8 Å². The van der Waals surface area contributed by atoms with Crippen LogP contribution >= 0.6 is 0 Å². The minimum Gasteiger partial charge on any atom is -0.357 e. The van der Waals surface area contributed by atoms with Crippen LogP contribution in [0, 0.1) is 5.92 Å². The number of nitrogens with zero attached hydrogens (tertiary/aromatic N) is 5. The monoisotopic (exact) mass is 334 g/mol. The van der Waals surface area contributed by atoms with Gasteiger partial charge in [0.1, 0.15) is 6.54 Å². The smallest absolute Gasteiger partial charge is 0.246 e. The van der Waals surface area contributed by atoms with Crippen LogP contribution in [0.4, 0.5) is 5.69 Å². The molecule has 134 valence electrons. The van der Waals surface area contributed by atoms with Crippen LogP contribution in [0.3, 0.4) is 0 Å². The van der Waals surface area contributed by atoms with E-state index < -0.39 is 0 Å². The molecule has 7 nitrogen and oxygen atoms in total. The second-order valence-electron chi connectivity index (χ2n) is 6.22. The van der Waals surface area contributed by atoms with Crippen molar-refractivity contribution in [3.8, 4) is 0 Å². The molecule has 0 aromatic carbocycles. The van der Waals surface area contributed by atoms with Crippen LogP contribution in [0.25, 0.3) is 0 Å². The molecule has 1 aliphatic rings. The van der Waals surface area contributed by atoms with Crippen LogP contribution in [-0.4, -0.2) is 59.3 Å². The quantitative estimate of drug-likeness (QED) is 0.632. The van der Waals surface area contributed by atoms with E-state index in [4.69, 9.17) is 4.99 Å². The molecule has 0 aliphatic carbocycles. The maximum Gasteiger partial charge on any atom is 0.246 e. The van der Waals surface area contributed by atoms with E-state index in [0.717, 1.165) is 44.1 Å². The van der Waals surface area contributed by atoms with Gasteiger partial charge in [-0.2, -0.15) is 5.10 Å². The summed E-state index contributed by atoms with van der Waals surface area (Å²) in [5.74, 6) is 1.54. The maximum atomic E-state index is 12.5. The molecule has 0 unspecified atom stereocenters. The average Bonchev–Trinajstić information content (AvgIpc) is 3.00. The lowest BCUT2D eigenvalue weighted by Gasteiger charge is -2.35. The molecular formula is C17H30N6O. The van der Waals surface area contributed by atoms with Crippen LogP contribution in [-0.2, 0) is 11.8 Å². The van der Waals surface area contributed by atoms with Crippen LogP contribution in [0.1, 0.15) is 33.6 Å². The predicted octanol–water partition coefficient (Wildman–Crippen LogP) is 1.47. The van der Waals surface area contributed by atoms with Crippen molar-refractivity contribution in [3.63, 3.8) is 0 Å². The number of piperazine rings is 1. The molecular weight excluding hydrogens is 304 g/mol. The summed E-state index contributed by atoms with van der Waals surface area (Å²) in [7, 11) is 1.86. The Bertz CT molecular complexity index is 563. The predicted molar refractivity (Wildman–Crippen MR) is 97.2 cm³/mol. The van der Waals surface area contributed by atoms with E-state index in [1.807, 2.05) is 13.2 Å². The Hall–Kier alpha value is -2.05. The summed E-state index contributed by atoms with van der Waals surface area (Å²) in [4.78, 5) is 21.2. The largest absolute Gasteiger partial charge is 0.357 e. The summed E-state index contributed by atoms with van der Waals surface area (Å²) in [6, 6.07) is 0. The molecule has 0 saturated carbocycles. The van der Waals surface area contributed by atoms with E-state index in [0.29, 0.717) is 19.0 Å². The molecule has 0 bridgehead atoms. The third-order valence-electron chi connectivity index (χ3n) is 4.51. The lowest BCUT2D eigenvalue weighted by Crippen LogP contribution is -2.55. The highest BCUT2D eigenvalue weighted by Crippen LogP contribution is 2.16. The number of nitrogens with one attached hydrogen (secondary N) is 1. The van der Waals surface area contributed by atoms with Crippen molar-refractivity contribution >= 4 is 17.6 Å². The van der Waals surface area contributed by atoms with E-state index in [1.165, 1.54) is 0 Å². The van der Waals surface area contributed by atoms with Crippen molar-refractivity contribution in [2.24, 2.45) is 18.0 Å². The maximum absolute atomic E-state index is 12.5. The second kappa shape index (κ2) is 8.70. The number of anilines is 1. The number of carbonyl (C=O) groups is 1. The highest BCUT2D eigenvalue weighted by Gasteiger charge is 2.27. The van der Waals surface area contributed by atoms with Gasteiger partial charge in [0.2, 0.25) is 5.91 Å². The average molecular weight is 334 g/mol. The molecule has 1 aromatic rings. The SMILES string of the molecule is CCNC(=NCC(CC)CC)N1CCN(c2cnn(C)c2)C(=O)C1. The Morgan fingerprint density at radius 3 is 2.62 bits per heavy atom. The number of rotatable bonds is 6. The summed E-state index contributed by atoms with van der Waals surface area (Å²) in [5, 5.41) is 7.47. The van der Waals surface area contributed by atoms with Gasteiger partial charge in [0.05, 0.1) is 11.9 Å². The molecule has 1 aliphatic heterocycles. The standard InChI is InChI=1S/C17H30N6O/c1-5-14(6-2)10-19-17(18-7-3)22-8-9-23(16(24)13-22)15-11-20-21(4)12-15/h11-12,14H,5-10,13H2,1-4H3,(H,18,19). The number of amides is 1. The van der Waals surface area contributed by atoms with Gasteiger partial charge in [-0.15, -0.1) is 0 Å². The van der Waals surface area contributed by atoms with Gasteiger partial charge < -0.3 is 15.1 Å². The molecule has 1 aromatic heterocycles. The van der Waals surface area contributed by atoms with Crippen LogP contribution in [0.15, 0.2) is 17.4 Å². The summed E-state index contributed by atoms with van der Waals surface area (Å²) in [5.41, 5.74) is 0.862. The van der Waals surface area contributed by atoms with E-state index in [2.05, 4.69) is 36.1 Å². The number of aryl methyl sites for hydroxylation is 1. The van der Waals surface area contributed by atoms with Gasteiger partial charge in [-0.1, -0.05) is 26.7 Å². The molecule has 2 rings (SSSR count). The Balaban J connectivity index is 2.03. The van der Waals surface area contributed by atoms with E-state index >= 15 is 0 Å². The second-order valence-corrected chi connectivity index (χ2v) is 6.22.